The molecule has 1 atom stereocenters. The van der Waals surface area contributed by atoms with E-state index in [1.807, 2.05) is 41.4 Å². The van der Waals surface area contributed by atoms with Crippen LogP contribution in [0.5, 0.6) is 0 Å². The number of likely N-dealkylation sites (tertiary alicyclic amines) is 1. The van der Waals surface area contributed by atoms with E-state index in [4.69, 9.17) is 0 Å². The molecule has 1 aliphatic heterocycles. The molecule has 19 heavy (non-hydrogen) atoms. The number of aromatic amines is 1. The van der Waals surface area contributed by atoms with Crippen molar-refractivity contribution in [2.24, 2.45) is 0 Å². The number of carbonyl (C=O) groups excluding carboxylic acids is 1. The molecule has 1 aromatic heterocycles. The highest BCUT2D eigenvalue weighted by molar-refractivity contribution is 9.10. The maximum atomic E-state index is 12.7. The summed E-state index contributed by atoms with van der Waals surface area (Å²) in [6, 6.07) is 11.8. The van der Waals surface area contributed by atoms with Crippen molar-refractivity contribution in [1.29, 1.82) is 0 Å². The van der Waals surface area contributed by atoms with E-state index in [-0.39, 0.29) is 11.9 Å². The van der Waals surface area contributed by atoms with E-state index in [2.05, 4.69) is 27.0 Å². The van der Waals surface area contributed by atoms with E-state index in [9.17, 15) is 4.79 Å². The minimum atomic E-state index is 0.101. The number of nitrogens with zero attached hydrogens (tertiary/aromatic N) is 1. The van der Waals surface area contributed by atoms with Crippen LogP contribution >= 0.6 is 15.9 Å². The molecule has 2 aromatic rings. The summed E-state index contributed by atoms with van der Waals surface area (Å²) in [6.07, 6.45) is 3.99. The quantitative estimate of drug-likeness (QED) is 0.899. The number of aromatic nitrogens is 1. The molecule has 3 nitrogen and oxygen atoms in total. The Labute approximate surface area is 120 Å². The lowest BCUT2D eigenvalue weighted by atomic mass is 10.1. The lowest BCUT2D eigenvalue weighted by Crippen LogP contribution is -2.30. The molecule has 4 heteroatoms. The molecule has 98 valence electrons. The predicted molar refractivity (Wildman–Crippen MR) is 77.9 cm³/mol. The van der Waals surface area contributed by atoms with Gasteiger partial charge in [-0.05, 0) is 53.0 Å². The van der Waals surface area contributed by atoms with Gasteiger partial charge in [0.05, 0.1) is 11.6 Å². The van der Waals surface area contributed by atoms with Crippen LogP contribution in [0.25, 0.3) is 0 Å². The average Bonchev–Trinajstić information content (AvgIpc) is 3.09. The van der Waals surface area contributed by atoms with Crippen LogP contribution in [0.3, 0.4) is 0 Å². The fraction of sp³-hybridized carbons (Fsp3) is 0.267. The number of benzene rings is 1. The lowest BCUT2D eigenvalue weighted by Gasteiger charge is -2.24. The Hall–Kier alpha value is -1.55. The van der Waals surface area contributed by atoms with E-state index in [0.29, 0.717) is 0 Å². The van der Waals surface area contributed by atoms with Crippen molar-refractivity contribution in [3.63, 3.8) is 0 Å². The van der Waals surface area contributed by atoms with Gasteiger partial charge in [0.25, 0.3) is 5.91 Å². The van der Waals surface area contributed by atoms with E-state index in [1.165, 1.54) is 0 Å². The van der Waals surface area contributed by atoms with E-state index >= 15 is 0 Å². The Morgan fingerprint density at radius 1 is 1.26 bits per heavy atom. The molecule has 1 saturated heterocycles. The standard InChI is InChI=1S/C15H15BrN2O/c16-12-6-2-1-5-11(12)15(19)18-10-4-8-14(18)13-7-3-9-17-13/h1-3,5-7,9,14,17H,4,8,10H2. The summed E-state index contributed by atoms with van der Waals surface area (Å²) in [4.78, 5) is 17.8. The van der Waals surface area contributed by atoms with Gasteiger partial charge in [-0.1, -0.05) is 12.1 Å². The first-order chi connectivity index (χ1) is 9.27. The van der Waals surface area contributed by atoms with Gasteiger partial charge in [-0.2, -0.15) is 0 Å². The minimum absolute atomic E-state index is 0.101. The maximum Gasteiger partial charge on any atom is 0.255 e. The maximum absolute atomic E-state index is 12.7. The van der Waals surface area contributed by atoms with E-state index in [0.717, 1.165) is 35.1 Å². The van der Waals surface area contributed by atoms with Crippen molar-refractivity contribution in [2.45, 2.75) is 18.9 Å². The summed E-state index contributed by atoms with van der Waals surface area (Å²) in [5.41, 5.74) is 1.86. The predicted octanol–water partition coefficient (Wildman–Crippen LogP) is 3.75. The number of carbonyl (C=O) groups is 1. The van der Waals surface area contributed by atoms with Gasteiger partial charge >= 0.3 is 0 Å². The van der Waals surface area contributed by atoms with Gasteiger partial charge in [0.15, 0.2) is 0 Å². The Morgan fingerprint density at radius 3 is 2.84 bits per heavy atom. The molecular weight excluding hydrogens is 304 g/mol. The smallest absolute Gasteiger partial charge is 0.255 e. The Morgan fingerprint density at radius 2 is 2.11 bits per heavy atom. The van der Waals surface area contributed by atoms with Crippen molar-refractivity contribution in [2.75, 3.05) is 6.54 Å². The van der Waals surface area contributed by atoms with Gasteiger partial charge in [0.1, 0.15) is 0 Å². The van der Waals surface area contributed by atoms with Gasteiger partial charge < -0.3 is 9.88 Å². The molecular formula is C15H15BrN2O. The number of nitrogens with one attached hydrogen (secondary N) is 1. The summed E-state index contributed by atoms with van der Waals surface area (Å²) in [5, 5.41) is 0. The van der Waals surface area contributed by atoms with Crippen LogP contribution in [-0.2, 0) is 0 Å². The summed E-state index contributed by atoms with van der Waals surface area (Å²) in [7, 11) is 0. The highest BCUT2D eigenvalue weighted by Crippen LogP contribution is 2.33. The van der Waals surface area contributed by atoms with Crippen LogP contribution in [0.4, 0.5) is 0 Å². The van der Waals surface area contributed by atoms with Crippen molar-refractivity contribution < 1.29 is 4.79 Å². The summed E-state index contributed by atoms with van der Waals surface area (Å²) < 4.78 is 0.858. The Balaban J connectivity index is 1.89. The van der Waals surface area contributed by atoms with E-state index < -0.39 is 0 Å². The second kappa shape index (κ2) is 5.21. The zero-order valence-electron chi connectivity index (χ0n) is 10.5. The highest BCUT2D eigenvalue weighted by Gasteiger charge is 2.31. The molecule has 1 aromatic carbocycles. The zero-order chi connectivity index (χ0) is 13.2. The van der Waals surface area contributed by atoms with Crippen LogP contribution in [0, 0.1) is 0 Å². The molecule has 1 unspecified atom stereocenters. The van der Waals surface area contributed by atoms with Crippen LogP contribution < -0.4 is 0 Å². The van der Waals surface area contributed by atoms with Crippen molar-refractivity contribution in [3.8, 4) is 0 Å². The number of halogens is 1. The second-order valence-electron chi connectivity index (χ2n) is 4.76. The number of amides is 1. The summed E-state index contributed by atoms with van der Waals surface area (Å²) in [5.74, 6) is 0.101. The average molecular weight is 319 g/mol. The van der Waals surface area contributed by atoms with Crippen molar-refractivity contribution in [3.05, 3.63) is 58.3 Å². The Bertz CT molecular complexity index is 580. The molecule has 1 amide bonds. The molecule has 2 heterocycles. The number of hydrogen-bond donors (Lipinski definition) is 1. The fourth-order valence-electron chi connectivity index (χ4n) is 2.67. The van der Waals surface area contributed by atoms with Gasteiger partial charge in [-0.3, -0.25) is 4.79 Å². The van der Waals surface area contributed by atoms with Gasteiger partial charge in [-0.25, -0.2) is 0 Å². The first kappa shape index (κ1) is 12.5. The molecule has 0 radical (unpaired) electrons. The summed E-state index contributed by atoms with van der Waals surface area (Å²) in [6.45, 7) is 0.823. The van der Waals surface area contributed by atoms with Crippen LogP contribution in [0.2, 0.25) is 0 Å². The van der Waals surface area contributed by atoms with Crippen molar-refractivity contribution >= 4 is 21.8 Å². The van der Waals surface area contributed by atoms with Crippen LogP contribution in [0.15, 0.2) is 47.1 Å². The molecule has 1 N–H and O–H groups in total. The zero-order valence-corrected chi connectivity index (χ0v) is 12.1. The fourth-order valence-corrected chi connectivity index (χ4v) is 3.13. The van der Waals surface area contributed by atoms with Gasteiger partial charge in [-0.15, -0.1) is 0 Å². The summed E-state index contributed by atoms with van der Waals surface area (Å²) >= 11 is 3.46. The third-order valence-corrected chi connectivity index (χ3v) is 4.29. The Kier molecular flexibility index (Phi) is 3.42. The molecule has 1 fully saturated rings. The number of H-pyrrole nitrogens is 1. The highest BCUT2D eigenvalue weighted by atomic mass is 79.9. The number of hydrogen-bond acceptors (Lipinski definition) is 1. The van der Waals surface area contributed by atoms with Gasteiger partial charge in [0.2, 0.25) is 0 Å². The number of rotatable bonds is 2. The van der Waals surface area contributed by atoms with Crippen molar-refractivity contribution in [1.82, 2.24) is 9.88 Å². The molecule has 0 spiro atoms. The molecule has 0 aliphatic carbocycles. The second-order valence-corrected chi connectivity index (χ2v) is 5.62. The molecule has 0 bridgehead atoms. The SMILES string of the molecule is O=C(c1ccccc1Br)N1CCCC1c1ccc[nH]1. The molecule has 1 aliphatic rings. The monoisotopic (exact) mass is 318 g/mol. The third-order valence-electron chi connectivity index (χ3n) is 3.60. The largest absolute Gasteiger partial charge is 0.363 e. The normalized spacial score (nSPS) is 18.8. The first-order valence-electron chi connectivity index (χ1n) is 6.46. The molecule has 0 saturated carbocycles. The minimum Gasteiger partial charge on any atom is -0.363 e. The topological polar surface area (TPSA) is 36.1 Å². The first-order valence-corrected chi connectivity index (χ1v) is 7.25. The van der Waals surface area contributed by atoms with Gasteiger partial charge in [0, 0.05) is 22.9 Å². The lowest BCUT2D eigenvalue weighted by molar-refractivity contribution is 0.0732. The third kappa shape index (κ3) is 2.32. The van der Waals surface area contributed by atoms with Crippen LogP contribution in [0.1, 0.15) is 34.9 Å². The van der Waals surface area contributed by atoms with Crippen LogP contribution in [-0.4, -0.2) is 22.3 Å². The van der Waals surface area contributed by atoms with E-state index in [1.54, 1.807) is 0 Å². The molecule has 3 rings (SSSR count).